The van der Waals surface area contributed by atoms with Crippen LogP contribution in [0.15, 0.2) is 18.2 Å². The third kappa shape index (κ3) is 1.04. The van der Waals surface area contributed by atoms with Crippen molar-refractivity contribution in [3.05, 3.63) is 34.3 Å². The zero-order valence-corrected chi connectivity index (χ0v) is 8.39. The van der Waals surface area contributed by atoms with Gasteiger partial charge in [-0.25, -0.2) is 0 Å². The van der Waals surface area contributed by atoms with E-state index in [1.165, 1.54) is 3.93 Å². The monoisotopic (exact) mass is 245 g/mol. The molecule has 0 saturated carbocycles. The first-order valence-electron chi connectivity index (χ1n) is 3.45. The molecular formula is C8H5BrClNO. The molecule has 0 aliphatic carbocycles. The van der Waals surface area contributed by atoms with Gasteiger partial charge in [-0.15, -0.1) is 0 Å². The lowest BCUT2D eigenvalue weighted by Crippen LogP contribution is -2.10. The Hall–Kier alpha value is -0.540. The number of carbonyl (C=O) groups is 1. The molecule has 2 rings (SSSR count). The number of carbonyl (C=O) groups excluding carboxylic acids is 1. The smallest absolute Gasteiger partial charge is 0.264 e. The lowest BCUT2D eigenvalue weighted by atomic mass is 10.1. The molecule has 1 aromatic rings. The van der Waals surface area contributed by atoms with Crippen molar-refractivity contribution in [2.24, 2.45) is 0 Å². The van der Waals surface area contributed by atoms with Crippen LogP contribution in [0.4, 0.5) is 0 Å². The van der Waals surface area contributed by atoms with Crippen LogP contribution in [0.25, 0.3) is 0 Å². The molecule has 0 radical (unpaired) electrons. The van der Waals surface area contributed by atoms with Crippen molar-refractivity contribution in [1.82, 2.24) is 3.93 Å². The number of hydrogen-bond donors (Lipinski definition) is 0. The standard InChI is InChI=1S/C8H5BrClNO/c9-11-4-6-5(8(11)12)2-1-3-7(6)10/h1-3H,4H2. The fourth-order valence-electron chi connectivity index (χ4n) is 1.26. The van der Waals surface area contributed by atoms with E-state index in [0.717, 1.165) is 5.56 Å². The maximum Gasteiger partial charge on any atom is 0.264 e. The second-order valence-electron chi connectivity index (χ2n) is 2.59. The van der Waals surface area contributed by atoms with Crippen molar-refractivity contribution in [1.29, 1.82) is 0 Å². The predicted octanol–water partition coefficient (Wildman–Crippen LogP) is 2.61. The average molecular weight is 246 g/mol. The van der Waals surface area contributed by atoms with E-state index < -0.39 is 0 Å². The highest BCUT2D eigenvalue weighted by Gasteiger charge is 2.26. The third-order valence-electron chi connectivity index (χ3n) is 1.87. The lowest BCUT2D eigenvalue weighted by Gasteiger charge is -2.00. The Morgan fingerprint density at radius 1 is 1.50 bits per heavy atom. The van der Waals surface area contributed by atoms with Gasteiger partial charge in [0.05, 0.1) is 22.7 Å². The Morgan fingerprint density at radius 2 is 2.25 bits per heavy atom. The first-order valence-corrected chi connectivity index (χ1v) is 4.54. The van der Waals surface area contributed by atoms with Gasteiger partial charge in [0.15, 0.2) is 0 Å². The minimum Gasteiger partial charge on any atom is -0.270 e. The number of rotatable bonds is 0. The molecule has 0 spiro atoms. The molecule has 2 nitrogen and oxygen atoms in total. The van der Waals surface area contributed by atoms with Crippen LogP contribution >= 0.6 is 27.7 Å². The average Bonchev–Trinajstić information content (AvgIpc) is 2.32. The Bertz CT molecular complexity index is 353. The van der Waals surface area contributed by atoms with E-state index in [9.17, 15) is 4.79 Å². The maximum absolute atomic E-state index is 11.4. The molecule has 0 bridgehead atoms. The highest BCUT2D eigenvalue weighted by molar-refractivity contribution is 9.07. The molecule has 0 atom stereocenters. The van der Waals surface area contributed by atoms with E-state index in [4.69, 9.17) is 11.6 Å². The van der Waals surface area contributed by atoms with E-state index in [0.29, 0.717) is 17.1 Å². The van der Waals surface area contributed by atoms with Crippen molar-refractivity contribution >= 4 is 33.7 Å². The van der Waals surface area contributed by atoms with Crippen molar-refractivity contribution in [2.75, 3.05) is 0 Å². The minimum absolute atomic E-state index is 0.0208. The Kier molecular flexibility index (Phi) is 1.85. The van der Waals surface area contributed by atoms with E-state index in [2.05, 4.69) is 16.1 Å². The molecule has 0 fully saturated rings. The number of nitrogens with zero attached hydrogens (tertiary/aromatic N) is 1. The number of hydrogen-bond acceptors (Lipinski definition) is 1. The van der Waals surface area contributed by atoms with E-state index >= 15 is 0 Å². The summed E-state index contributed by atoms with van der Waals surface area (Å²) in [5, 5.41) is 0.655. The number of amides is 1. The Labute approximate surface area is 83.5 Å². The first kappa shape index (κ1) is 8.08. The van der Waals surface area contributed by atoms with Gasteiger partial charge in [-0.3, -0.25) is 8.72 Å². The van der Waals surface area contributed by atoms with Crippen molar-refractivity contribution in [3.8, 4) is 0 Å². The second kappa shape index (κ2) is 2.75. The SMILES string of the molecule is O=C1c2cccc(Cl)c2CN1Br. The molecule has 1 aliphatic heterocycles. The van der Waals surface area contributed by atoms with Crippen LogP contribution in [0.2, 0.25) is 5.02 Å². The summed E-state index contributed by atoms with van der Waals surface area (Å²) in [6, 6.07) is 5.36. The van der Waals surface area contributed by atoms with Crippen LogP contribution in [-0.4, -0.2) is 9.83 Å². The molecule has 0 N–H and O–H groups in total. The Balaban J connectivity index is 2.61. The highest BCUT2D eigenvalue weighted by Crippen LogP contribution is 2.30. The van der Waals surface area contributed by atoms with Crippen LogP contribution in [0.3, 0.4) is 0 Å². The summed E-state index contributed by atoms with van der Waals surface area (Å²) in [6.45, 7) is 0.549. The lowest BCUT2D eigenvalue weighted by molar-refractivity contribution is 0.0896. The Morgan fingerprint density at radius 3 is 2.92 bits per heavy atom. The number of fused-ring (bicyclic) bond motifs is 1. The molecule has 1 heterocycles. The van der Waals surface area contributed by atoms with Gasteiger partial charge in [-0.05, 0) is 12.1 Å². The third-order valence-corrected chi connectivity index (χ3v) is 2.79. The van der Waals surface area contributed by atoms with E-state index in [1.54, 1.807) is 18.2 Å². The number of benzene rings is 1. The van der Waals surface area contributed by atoms with Crippen LogP contribution in [0, 0.1) is 0 Å². The van der Waals surface area contributed by atoms with Crippen LogP contribution in [0.1, 0.15) is 15.9 Å². The van der Waals surface area contributed by atoms with Crippen molar-refractivity contribution in [2.45, 2.75) is 6.54 Å². The normalized spacial score (nSPS) is 15.2. The van der Waals surface area contributed by atoms with Crippen LogP contribution < -0.4 is 0 Å². The van der Waals surface area contributed by atoms with Crippen LogP contribution in [0.5, 0.6) is 0 Å². The molecule has 1 aromatic carbocycles. The topological polar surface area (TPSA) is 20.3 Å². The quantitative estimate of drug-likeness (QED) is 0.644. The summed E-state index contributed by atoms with van der Waals surface area (Å²) < 4.78 is 1.48. The summed E-state index contributed by atoms with van der Waals surface area (Å²) in [6.07, 6.45) is 0. The van der Waals surface area contributed by atoms with E-state index in [1.807, 2.05) is 0 Å². The van der Waals surface area contributed by atoms with Gasteiger partial charge >= 0.3 is 0 Å². The second-order valence-corrected chi connectivity index (χ2v) is 3.85. The fraction of sp³-hybridized carbons (Fsp3) is 0.125. The summed E-state index contributed by atoms with van der Waals surface area (Å²) in [4.78, 5) is 11.4. The number of halogens is 2. The van der Waals surface area contributed by atoms with Gasteiger partial charge in [0.25, 0.3) is 5.91 Å². The van der Waals surface area contributed by atoms with Gasteiger partial charge in [0, 0.05) is 16.1 Å². The molecule has 62 valence electrons. The molecule has 0 unspecified atom stereocenters. The molecule has 4 heteroatoms. The molecule has 1 aliphatic rings. The predicted molar refractivity (Wildman–Crippen MR) is 50.3 cm³/mol. The van der Waals surface area contributed by atoms with Gasteiger partial charge in [-0.2, -0.15) is 0 Å². The minimum atomic E-state index is -0.0208. The van der Waals surface area contributed by atoms with Gasteiger partial charge in [-0.1, -0.05) is 17.7 Å². The zero-order chi connectivity index (χ0) is 8.72. The highest BCUT2D eigenvalue weighted by atomic mass is 79.9. The van der Waals surface area contributed by atoms with Gasteiger partial charge in [0.1, 0.15) is 0 Å². The summed E-state index contributed by atoms with van der Waals surface area (Å²) in [5.41, 5.74) is 1.60. The van der Waals surface area contributed by atoms with Crippen LogP contribution in [-0.2, 0) is 6.54 Å². The van der Waals surface area contributed by atoms with Crippen molar-refractivity contribution in [3.63, 3.8) is 0 Å². The maximum atomic E-state index is 11.4. The zero-order valence-electron chi connectivity index (χ0n) is 6.05. The summed E-state index contributed by atoms with van der Waals surface area (Å²) in [7, 11) is 0. The molecular weight excluding hydrogens is 241 g/mol. The van der Waals surface area contributed by atoms with Gasteiger partial charge in [0.2, 0.25) is 0 Å². The largest absolute Gasteiger partial charge is 0.270 e. The first-order chi connectivity index (χ1) is 5.70. The molecule has 0 saturated heterocycles. The molecule has 1 amide bonds. The summed E-state index contributed by atoms with van der Waals surface area (Å²) >= 11 is 9.04. The summed E-state index contributed by atoms with van der Waals surface area (Å²) in [5.74, 6) is -0.0208. The molecule has 12 heavy (non-hydrogen) atoms. The molecule has 0 aromatic heterocycles. The van der Waals surface area contributed by atoms with Crippen molar-refractivity contribution < 1.29 is 4.79 Å². The fourth-order valence-corrected chi connectivity index (χ4v) is 1.94. The van der Waals surface area contributed by atoms with E-state index in [-0.39, 0.29) is 5.91 Å². The van der Waals surface area contributed by atoms with Gasteiger partial charge < -0.3 is 0 Å².